The van der Waals surface area contributed by atoms with Crippen LogP contribution in [-0.4, -0.2) is 0 Å². The van der Waals surface area contributed by atoms with Crippen molar-refractivity contribution in [3.63, 3.8) is 0 Å². The molecule has 0 heteroatoms. The molecule has 0 spiro atoms. The summed E-state index contributed by atoms with van der Waals surface area (Å²) in [6, 6.07) is 0. The largest absolute Gasteiger partial charge is 0.0625 e. The summed E-state index contributed by atoms with van der Waals surface area (Å²) < 4.78 is 0. The SMILES string of the molecule is CC(C)C(C)[C@@]1(C)C[C@@H]1[C@@H](C)[C@H]1CC[C@H]2[C@@H]3CCC4CCCC[C@]4(C)[C@H]3CC[C@]12C. The second-order valence-corrected chi connectivity index (χ2v) is 14.3. The third-order valence-electron chi connectivity index (χ3n) is 13.3. The zero-order chi connectivity index (χ0) is 21.5. The lowest BCUT2D eigenvalue weighted by atomic mass is 9.44. The fourth-order valence-corrected chi connectivity index (χ4v) is 11.0. The van der Waals surface area contributed by atoms with Gasteiger partial charge in [-0.3, -0.25) is 0 Å². The second-order valence-electron chi connectivity index (χ2n) is 14.3. The average Bonchev–Trinajstić information content (AvgIpc) is 3.28. The van der Waals surface area contributed by atoms with Crippen LogP contribution in [0.2, 0.25) is 0 Å². The number of hydrogen-bond acceptors (Lipinski definition) is 0. The van der Waals surface area contributed by atoms with Crippen LogP contribution in [0.3, 0.4) is 0 Å². The highest BCUT2D eigenvalue weighted by Gasteiger charge is 2.64. The van der Waals surface area contributed by atoms with Crippen LogP contribution >= 0.6 is 0 Å². The molecule has 5 fully saturated rings. The van der Waals surface area contributed by atoms with Crippen LogP contribution in [0.1, 0.15) is 119 Å². The van der Waals surface area contributed by atoms with Gasteiger partial charge >= 0.3 is 0 Å². The number of fused-ring (bicyclic) bond motifs is 5. The Labute approximate surface area is 188 Å². The van der Waals surface area contributed by atoms with Crippen molar-refractivity contribution in [1.29, 1.82) is 0 Å². The first kappa shape index (κ1) is 21.8. The van der Waals surface area contributed by atoms with Crippen molar-refractivity contribution in [2.45, 2.75) is 119 Å². The highest BCUT2D eigenvalue weighted by atomic mass is 14.7. The van der Waals surface area contributed by atoms with Crippen molar-refractivity contribution < 1.29 is 0 Å². The van der Waals surface area contributed by atoms with Gasteiger partial charge in [0.05, 0.1) is 0 Å². The Balaban J connectivity index is 1.34. The van der Waals surface area contributed by atoms with E-state index in [9.17, 15) is 0 Å². The summed E-state index contributed by atoms with van der Waals surface area (Å²) in [4.78, 5) is 0. The molecule has 0 aromatic heterocycles. The van der Waals surface area contributed by atoms with Crippen molar-refractivity contribution in [3.05, 3.63) is 0 Å². The van der Waals surface area contributed by atoms with Crippen LogP contribution in [0.4, 0.5) is 0 Å². The van der Waals surface area contributed by atoms with Crippen molar-refractivity contribution in [1.82, 2.24) is 0 Å². The second kappa shape index (κ2) is 7.25. The maximum Gasteiger partial charge on any atom is -0.0264 e. The summed E-state index contributed by atoms with van der Waals surface area (Å²) in [6.07, 6.45) is 17.0. The summed E-state index contributed by atoms with van der Waals surface area (Å²) in [6.45, 7) is 18.3. The third kappa shape index (κ3) is 2.96. The Morgan fingerprint density at radius 2 is 1.40 bits per heavy atom. The van der Waals surface area contributed by atoms with Gasteiger partial charge < -0.3 is 0 Å². The molecule has 0 N–H and O–H groups in total. The molecular weight excluding hydrogens is 360 g/mol. The Bertz CT molecular complexity index is 648. The predicted molar refractivity (Wildman–Crippen MR) is 129 cm³/mol. The van der Waals surface area contributed by atoms with E-state index < -0.39 is 0 Å². The minimum Gasteiger partial charge on any atom is -0.0625 e. The van der Waals surface area contributed by atoms with E-state index in [2.05, 4.69) is 48.5 Å². The van der Waals surface area contributed by atoms with Gasteiger partial charge in [-0.2, -0.15) is 0 Å². The monoisotopic (exact) mass is 412 g/mol. The minimum atomic E-state index is 0.632. The lowest BCUT2D eigenvalue weighted by Crippen LogP contribution is -2.53. The Hall–Kier alpha value is 0. The predicted octanol–water partition coefficient (Wildman–Crippen LogP) is 8.99. The van der Waals surface area contributed by atoms with Crippen LogP contribution < -0.4 is 0 Å². The summed E-state index contributed by atoms with van der Waals surface area (Å²) >= 11 is 0. The Morgan fingerprint density at radius 3 is 2.13 bits per heavy atom. The highest BCUT2D eigenvalue weighted by Crippen LogP contribution is 2.71. The molecule has 0 amide bonds. The third-order valence-corrected chi connectivity index (χ3v) is 13.3. The molecule has 5 rings (SSSR count). The smallest absolute Gasteiger partial charge is 0.0264 e. The summed E-state index contributed by atoms with van der Waals surface area (Å²) in [5.74, 6) is 8.92. The van der Waals surface area contributed by atoms with Gasteiger partial charge in [-0.05, 0) is 127 Å². The van der Waals surface area contributed by atoms with Gasteiger partial charge in [0.25, 0.3) is 0 Å². The molecular formula is C30H52. The maximum absolute atomic E-state index is 2.78. The van der Waals surface area contributed by atoms with Crippen molar-refractivity contribution >= 4 is 0 Å². The molecule has 2 unspecified atom stereocenters. The zero-order valence-corrected chi connectivity index (χ0v) is 21.5. The van der Waals surface area contributed by atoms with E-state index in [4.69, 9.17) is 0 Å². The maximum atomic E-state index is 2.78. The fourth-order valence-electron chi connectivity index (χ4n) is 11.0. The average molecular weight is 413 g/mol. The van der Waals surface area contributed by atoms with Gasteiger partial charge in [-0.25, -0.2) is 0 Å². The van der Waals surface area contributed by atoms with Gasteiger partial charge in [0.15, 0.2) is 0 Å². The van der Waals surface area contributed by atoms with Crippen molar-refractivity contribution in [3.8, 4) is 0 Å². The number of rotatable bonds is 4. The summed E-state index contributed by atoms with van der Waals surface area (Å²) in [5, 5.41) is 0. The normalized spacial score (nSPS) is 54.8. The molecule has 0 heterocycles. The molecule has 5 aliphatic rings. The standard InChI is InChI=1S/C30H52/c1-19(2)21(4)30(7)18-27(30)20(3)24-13-14-25-23-12-11-22-10-8-9-16-28(22,5)26(23)15-17-29(24,25)6/h19-27H,8-18H2,1-7H3/t20-,21?,22?,23-,24+,25-,26-,27+,28-,29+,30+/m0/s1. The van der Waals surface area contributed by atoms with Crippen molar-refractivity contribution in [2.24, 2.45) is 69.5 Å². The molecule has 11 atom stereocenters. The first-order valence-corrected chi connectivity index (χ1v) is 14.1. The minimum absolute atomic E-state index is 0.632. The van der Waals surface area contributed by atoms with E-state index in [-0.39, 0.29) is 0 Å². The van der Waals surface area contributed by atoms with E-state index in [0.717, 1.165) is 53.3 Å². The van der Waals surface area contributed by atoms with E-state index in [0.29, 0.717) is 16.2 Å². The molecule has 0 saturated heterocycles. The van der Waals surface area contributed by atoms with Gasteiger partial charge in [-0.15, -0.1) is 0 Å². The molecule has 30 heavy (non-hydrogen) atoms. The van der Waals surface area contributed by atoms with Crippen LogP contribution in [0.5, 0.6) is 0 Å². The van der Waals surface area contributed by atoms with Gasteiger partial charge in [-0.1, -0.05) is 61.3 Å². The molecule has 0 aliphatic heterocycles. The molecule has 5 saturated carbocycles. The topological polar surface area (TPSA) is 0 Å². The molecule has 0 nitrogen and oxygen atoms in total. The van der Waals surface area contributed by atoms with Gasteiger partial charge in [0.2, 0.25) is 0 Å². The zero-order valence-electron chi connectivity index (χ0n) is 21.5. The first-order valence-electron chi connectivity index (χ1n) is 14.1. The van der Waals surface area contributed by atoms with Crippen LogP contribution in [0.15, 0.2) is 0 Å². The van der Waals surface area contributed by atoms with E-state index in [1.165, 1.54) is 19.3 Å². The Kier molecular flexibility index (Phi) is 5.27. The molecule has 172 valence electrons. The highest BCUT2D eigenvalue weighted by molar-refractivity contribution is 5.12. The lowest BCUT2D eigenvalue weighted by molar-refractivity contribution is -0.115. The van der Waals surface area contributed by atoms with Crippen molar-refractivity contribution in [2.75, 3.05) is 0 Å². The summed E-state index contributed by atoms with van der Waals surface area (Å²) in [7, 11) is 0. The van der Waals surface area contributed by atoms with Crippen LogP contribution in [0, 0.1) is 69.5 Å². The quantitative estimate of drug-likeness (QED) is 0.432. The van der Waals surface area contributed by atoms with E-state index in [1.54, 1.807) is 51.4 Å². The molecule has 0 aromatic carbocycles. The molecule has 0 aromatic rings. The fraction of sp³-hybridized carbons (Fsp3) is 1.00. The lowest BCUT2D eigenvalue weighted by Gasteiger charge is -2.61. The molecule has 5 aliphatic carbocycles. The molecule has 0 bridgehead atoms. The first-order chi connectivity index (χ1) is 14.1. The number of hydrogen-bond donors (Lipinski definition) is 0. The van der Waals surface area contributed by atoms with E-state index >= 15 is 0 Å². The Morgan fingerprint density at radius 1 is 0.667 bits per heavy atom. The van der Waals surface area contributed by atoms with E-state index in [1.807, 2.05) is 0 Å². The van der Waals surface area contributed by atoms with Gasteiger partial charge in [0, 0.05) is 0 Å². The van der Waals surface area contributed by atoms with Gasteiger partial charge in [0.1, 0.15) is 0 Å². The summed E-state index contributed by atoms with van der Waals surface area (Å²) in [5.41, 5.74) is 1.99. The van der Waals surface area contributed by atoms with Crippen LogP contribution in [-0.2, 0) is 0 Å². The van der Waals surface area contributed by atoms with Crippen LogP contribution in [0.25, 0.3) is 0 Å². The molecule has 0 radical (unpaired) electrons.